The first-order valence-electron chi connectivity index (χ1n) is 4.68. The largest absolute Gasteiger partial charge is 0.292 e. The third-order valence-electron chi connectivity index (χ3n) is 1.98. The summed E-state index contributed by atoms with van der Waals surface area (Å²) in [6, 6.07) is 6.26. The van der Waals surface area contributed by atoms with Crippen molar-refractivity contribution >= 4 is 15.7 Å². The van der Waals surface area contributed by atoms with Gasteiger partial charge >= 0.3 is 0 Å². The zero-order chi connectivity index (χ0) is 12.2. The van der Waals surface area contributed by atoms with Gasteiger partial charge in [0.1, 0.15) is 0 Å². The van der Waals surface area contributed by atoms with Crippen molar-refractivity contribution in [3.05, 3.63) is 29.8 Å². The number of hydrazine groups is 1. The van der Waals surface area contributed by atoms with Crippen LogP contribution >= 0.6 is 0 Å². The van der Waals surface area contributed by atoms with Gasteiger partial charge < -0.3 is 0 Å². The van der Waals surface area contributed by atoms with E-state index in [0.29, 0.717) is 0 Å². The van der Waals surface area contributed by atoms with Gasteiger partial charge in [-0.15, -0.1) is 0 Å². The maximum absolute atomic E-state index is 11.2. The van der Waals surface area contributed by atoms with Crippen LogP contribution in [0.4, 0.5) is 0 Å². The highest BCUT2D eigenvalue weighted by molar-refractivity contribution is 7.90. The Morgan fingerprint density at radius 1 is 1.25 bits per heavy atom. The quantitative estimate of drug-likeness (QED) is 0.722. The van der Waals surface area contributed by atoms with E-state index in [1.54, 1.807) is 19.2 Å². The van der Waals surface area contributed by atoms with Gasteiger partial charge in [-0.3, -0.25) is 10.2 Å². The molecule has 1 aromatic carbocycles. The minimum atomic E-state index is -3.17. The molecule has 1 aromatic rings. The Morgan fingerprint density at radius 2 is 1.81 bits per heavy atom. The highest BCUT2D eigenvalue weighted by Gasteiger charge is 2.07. The zero-order valence-corrected chi connectivity index (χ0v) is 9.97. The lowest BCUT2D eigenvalue weighted by atomic mass is 10.1. The number of sulfone groups is 1. The van der Waals surface area contributed by atoms with Crippen molar-refractivity contribution in [3.8, 4) is 0 Å². The number of hydrogen-bond acceptors (Lipinski definition) is 4. The van der Waals surface area contributed by atoms with Crippen LogP contribution in [0.1, 0.15) is 5.56 Å². The molecule has 0 aromatic heterocycles. The Hall–Kier alpha value is -1.40. The van der Waals surface area contributed by atoms with Crippen LogP contribution in [-0.2, 0) is 21.1 Å². The van der Waals surface area contributed by atoms with Crippen LogP contribution in [0.3, 0.4) is 0 Å². The summed E-state index contributed by atoms with van der Waals surface area (Å²) in [5.74, 6) is -0.172. The van der Waals surface area contributed by atoms with Crippen molar-refractivity contribution in [3.63, 3.8) is 0 Å². The topological polar surface area (TPSA) is 75.3 Å². The fraction of sp³-hybridized carbons (Fsp3) is 0.300. The van der Waals surface area contributed by atoms with Gasteiger partial charge in [0.15, 0.2) is 9.84 Å². The molecule has 0 heterocycles. The molecule has 0 bridgehead atoms. The van der Waals surface area contributed by atoms with Gasteiger partial charge in [-0.1, -0.05) is 12.1 Å². The molecule has 0 saturated heterocycles. The maximum Gasteiger partial charge on any atom is 0.238 e. The molecule has 0 aliphatic rings. The summed E-state index contributed by atoms with van der Waals surface area (Å²) in [5, 5.41) is 0. The number of rotatable bonds is 4. The number of carbonyl (C=O) groups is 1. The molecule has 6 heteroatoms. The fourth-order valence-corrected chi connectivity index (χ4v) is 1.85. The fourth-order valence-electron chi connectivity index (χ4n) is 1.22. The molecule has 0 radical (unpaired) electrons. The molecule has 88 valence electrons. The van der Waals surface area contributed by atoms with E-state index in [1.807, 2.05) is 0 Å². The summed E-state index contributed by atoms with van der Waals surface area (Å²) in [6.07, 6.45) is 1.36. The second kappa shape index (κ2) is 5.09. The van der Waals surface area contributed by atoms with Crippen LogP contribution in [-0.4, -0.2) is 27.6 Å². The average Bonchev–Trinajstić information content (AvgIpc) is 2.17. The Labute approximate surface area is 94.7 Å². The van der Waals surface area contributed by atoms with Crippen LogP contribution in [0.15, 0.2) is 29.2 Å². The Bertz CT molecular complexity index is 465. The maximum atomic E-state index is 11.2. The first-order chi connectivity index (χ1) is 7.43. The summed E-state index contributed by atoms with van der Waals surface area (Å²) in [5.41, 5.74) is 5.72. The van der Waals surface area contributed by atoms with Crippen molar-refractivity contribution in [2.45, 2.75) is 11.3 Å². The number of nitrogens with one attached hydrogen (secondary N) is 2. The highest BCUT2D eigenvalue weighted by Crippen LogP contribution is 2.10. The molecule has 0 unspecified atom stereocenters. The van der Waals surface area contributed by atoms with Gasteiger partial charge in [0.2, 0.25) is 5.91 Å². The number of carbonyl (C=O) groups excluding carboxylic acids is 1. The normalized spacial score (nSPS) is 11.1. The van der Waals surface area contributed by atoms with Crippen molar-refractivity contribution in [2.24, 2.45) is 0 Å². The lowest BCUT2D eigenvalue weighted by molar-refractivity contribution is -0.121. The molecule has 1 rings (SSSR count). The van der Waals surface area contributed by atoms with E-state index in [9.17, 15) is 13.2 Å². The van der Waals surface area contributed by atoms with Crippen molar-refractivity contribution in [1.29, 1.82) is 0 Å². The van der Waals surface area contributed by atoms with Gasteiger partial charge in [0, 0.05) is 13.3 Å². The minimum absolute atomic E-state index is 0.172. The highest BCUT2D eigenvalue weighted by atomic mass is 32.2. The van der Waals surface area contributed by atoms with E-state index >= 15 is 0 Å². The van der Waals surface area contributed by atoms with Crippen molar-refractivity contribution in [1.82, 2.24) is 10.9 Å². The van der Waals surface area contributed by atoms with Gasteiger partial charge in [-0.2, -0.15) is 0 Å². The molecular formula is C10H14N2O3S. The lowest BCUT2D eigenvalue weighted by Crippen LogP contribution is -2.35. The standard InChI is InChI=1S/C10H14N2O3S/c1-11-12-10(13)7-8-3-5-9(6-4-8)16(2,14)15/h3-6,11H,7H2,1-2H3,(H,12,13). The molecular weight excluding hydrogens is 228 g/mol. The first-order valence-corrected chi connectivity index (χ1v) is 6.57. The molecule has 0 aliphatic heterocycles. The molecule has 2 N–H and O–H groups in total. The van der Waals surface area contributed by atoms with Crippen LogP contribution < -0.4 is 10.9 Å². The number of benzene rings is 1. The Morgan fingerprint density at radius 3 is 2.25 bits per heavy atom. The average molecular weight is 242 g/mol. The lowest BCUT2D eigenvalue weighted by Gasteiger charge is -2.04. The SMILES string of the molecule is CNNC(=O)Cc1ccc(S(C)(=O)=O)cc1. The molecule has 16 heavy (non-hydrogen) atoms. The van der Waals surface area contributed by atoms with Crippen molar-refractivity contribution < 1.29 is 13.2 Å². The second-order valence-electron chi connectivity index (χ2n) is 3.39. The first kappa shape index (κ1) is 12.7. The van der Waals surface area contributed by atoms with Crippen molar-refractivity contribution in [2.75, 3.05) is 13.3 Å². The molecule has 0 saturated carbocycles. The molecule has 0 atom stereocenters. The summed E-state index contributed by atoms with van der Waals surface area (Å²) in [6.45, 7) is 0. The van der Waals surface area contributed by atoms with Crippen LogP contribution in [0, 0.1) is 0 Å². The molecule has 0 aliphatic carbocycles. The molecule has 0 spiro atoms. The van der Waals surface area contributed by atoms with E-state index in [-0.39, 0.29) is 17.2 Å². The monoisotopic (exact) mass is 242 g/mol. The third kappa shape index (κ3) is 3.63. The predicted octanol–water partition coefficient (Wildman–Crippen LogP) is -0.117. The van der Waals surface area contributed by atoms with Gasteiger partial charge in [-0.05, 0) is 17.7 Å². The van der Waals surface area contributed by atoms with E-state index in [2.05, 4.69) is 10.9 Å². The zero-order valence-electron chi connectivity index (χ0n) is 9.15. The minimum Gasteiger partial charge on any atom is -0.292 e. The summed E-state index contributed by atoms with van der Waals surface area (Å²) >= 11 is 0. The van der Waals surface area contributed by atoms with Crippen LogP contribution in [0.2, 0.25) is 0 Å². The summed E-state index contributed by atoms with van der Waals surface area (Å²) in [4.78, 5) is 11.5. The van der Waals surface area contributed by atoms with Gasteiger partial charge in [0.25, 0.3) is 0 Å². The van der Waals surface area contributed by atoms with Crippen LogP contribution in [0.25, 0.3) is 0 Å². The van der Waals surface area contributed by atoms with Gasteiger partial charge in [-0.25, -0.2) is 13.8 Å². The van der Waals surface area contributed by atoms with Gasteiger partial charge in [0.05, 0.1) is 11.3 Å². The Kier molecular flexibility index (Phi) is 4.03. The smallest absolute Gasteiger partial charge is 0.238 e. The predicted molar refractivity (Wildman–Crippen MR) is 60.5 cm³/mol. The second-order valence-corrected chi connectivity index (χ2v) is 5.41. The third-order valence-corrected chi connectivity index (χ3v) is 3.11. The molecule has 1 amide bonds. The Balaban J connectivity index is 2.76. The van der Waals surface area contributed by atoms with E-state index in [1.165, 1.54) is 12.1 Å². The molecule has 0 fully saturated rings. The summed E-state index contributed by atoms with van der Waals surface area (Å²) in [7, 11) is -1.57. The van der Waals surface area contributed by atoms with E-state index in [4.69, 9.17) is 0 Å². The number of hydrogen-bond donors (Lipinski definition) is 2. The summed E-state index contributed by atoms with van der Waals surface area (Å²) < 4.78 is 22.4. The van der Waals surface area contributed by atoms with E-state index < -0.39 is 9.84 Å². The van der Waals surface area contributed by atoms with E-state index in [0.717, 1.165) is 11.8 Å². The van der Waals surface area contributed by atoms with Crippen LogP contribution in [0.5, 0.6) is 0 Å². The molecule has 5 nitrogen and oxygen atoms in total. The number of amides is 1.